The molecule has 1 aliphatic heterocycles. The molecule has 1 aliphatic rings. The van der Waals surface area contributed by atoms with Gasteiger partial charge >= 0.3 is 6.18 Å². The first-order valence-corrected chi connectivity index (χ1v) is 10.7. The van der Waals surface area contributed by atoms with Gasteiger partial charge in [0.2, 0.25) is 0 Å². The summed E-state index contributed by atoms with van der Waals surface area (Å²) in [7, 11) is 0. The number of aryl methyl sites for hydroxylation is 1. The van der Waals surface area contributed by atoms with Crippen molar-refractivity contribution < 1.29 is 22.8 Å². The first kappa shape index (κ1) is 24.0. The molecule has 3 rings (SSSR count). The average molecular weight is 451 g/mol. The van der Waals surface area contributed by atoms with E-state index in [1.165, 1.54) is 23.2 Å². The molecule has 0 radical (unpaired) electrons. The summed E-state index contributed by atoms with van der Waals surface area (Å²) in [4.78, 5) is 27.8. The fraction of sp³-hybridized carbons (Fsp3) is 0.522. The molecule has 32 heavy (non-hydrogen) atoms. The van der Waals surface area contributed by atoms with Crippen LogP contribution in [0, 0.1) is 13.8 Å². The number of Topliss-reactive ketones (excluding diaryl/α,β-unsaturated/α-hetero) is 1. The highest BCUT2D eigenvalue weighted by Gasteiger charge is 2.32. The number of carbonyl (C=O) groups is 2. The van der Waals surface area contributed by atoms with Gasteiger partial charge < -0.3 is 5.32 Å². The summed E-state index contributed by atoms with van der Waals surface area (Å²) in [6, 6.07) is 4.70. The van der Waals surface area contributed by atoms with Crippen LogP contribution in [-0.4, -0.2) is 51.5 Å². The smallest absolute Gasteiger partial charge is 0.347 e. The van der Waals surface area contributed by atoms with Crippen molar-refractivity contribution in [1.82, 2.24) is 20.0 Å². The SMILES string of the molecule is Cc1nn(-c2cccc(C(F)(F)F)c2)c(C)c1C(=O)C(=O)NCC(C)(C)N1CCCCC1. The first-order chi connectivity index (χ1) is 14.9. The standard InChI is InChI=1S/C23H29F3N4O2/c1-15-19(16(2)30(28-15)18-10-8-9-17(13-18)23(24,25)26)20(31)21(32)27-14-22(3,4)29-11-6-5-7-12-29/h8-10,13H,5-7,11-12,14H2,1-4H3,(H,27,32). The number of piperidine rings is 1. The second-order valence-electron chi connectivity index (χ2n) is 8.88. The summed E-state index contributed by atoms with van der Waals surface area (Å²) in [5.74, 6) is -1.49. The Morgan fingerprint density at radius 2 is 1.75 bits per heavy atom. The molecular weight excluding hydrogens is 421 g/mol. The lowest BCUT2D eigenvalue weighted by atomic mass is 9.98. The maximum atomic E-state index is 13.1. The van der Waals surface area contributed by atoms with Gasteiger partial charge in [-0.3, -0.25) is 14.5 Å². The van der Waals surface area contributed by atoms with Crippen LogP contribution in [-0.2, 0) is 11.0 Å². The molecule has 1 N–H and O–H groups in total. The molecule has 0 atom stereocenters. The maximum absolute atomic E-state index is 13.1. The third-order valence-electron chi connectivity index (χ3n) is 6.04. The van der Waals surface area contributed by atoms with Crippen LogP contribution in [0.25, 0.3) is 5.69 Å². The number of hydrogen-bond acceptors (Lipinski definition) is 4. The van der Waals surface area contributed by atoms with Gasteiger partial charge in [-0.25, -0.2) is 4.68 Å². The molecule has 1 aromatic carbocycles. The van der Waals surface area contributed by atoms with E-state index < -0.39 is 23.4 Å². The van der Waals surface area contributed by atoms with Gasteiger partial charge in [-0.1, -0.05) is 12.5 Å². The Labute approximate surface area is 185 Å². The number of halogens is 3. The summed E-state index contributed by atoms with van der Waals surface area (Å²) >= 11 is 0. The van der Waals surface area contributed by atoms with Crippen LogP contribution in [0.1, 0.15) is 60.4 Å². The van der Waals surface area contributed by atoms with Crippen LogP contribution in [0.3, 0.4) is 0 Å². The molecule has 1 fully saturated rings. The molecule has 0 bridgehead atoms. The zero-order valence-corrected chi connectivity index (χ0v) is 18.8. The van der Waals surface area contributed by atoms with E-state index in [4.69, 9.17) is 0 Å². The monoisotopic (exact) mass is 450 g/mol. The molecule has 2 heterocycles. The number of ketones is 1. The van der Waals surface area contributed by atoms with E-state index in [2.05, 4.69) is 15.3 Å². The fourth-order valence-electron chi connectivity index (χ4n) is 4.14. The number of hydrogen-bond donors (Lipinski definition) is 1. The van der Waals surface area contributed by atoms with Crippen LogP contribution < -0.4 is 5.32 Å². The predicted octanol–water partition coefficient (Wildman–Crippen LogP) is 4.07. The van der Waals surface area contributed by atoms with E-state index in [0.29, 0.717) is 12.2 Å². The highest BCUT2D eigenvalue weighted by atomic mass is 19.4. The molecule has 0 unspecified atom stereocenters. The highest BCUT2D eigenvalue weighted by Crippen LogP contribution is 2.31. The van der Waals surface area contributed by atoms with Crippen molar-refractivity contribution in [3.8, 4) is 5.69 Å². The van der Waals surface area contributed by atoms with Crippen molar-refractivity contribution in [3.05, 3.63) is 46.8 Å². The van der Waals surface area contributed by atoms with Gasteiger partial charge in [0.25, 0.3) is 11.7 Å². The second-order valence-corrected chi connectivity index (χ2v) is 8.88. The summed E-state index contributed by atoms with van der Waals surface area (Å²) < 4.78 is 40.5. The molecule has 1 saturated heterocycles. The minimum atomic E-state index is -4.49. The number of nitrogens with zero attached hydrogens (tertiary/aromatic N) is 3. The molecule has 1 amide bonds. The molecular formula is C23H29F3N4O2. The molecule has 6 nitrogen and oxygen atoms in total. The zero-order valence-electron chi connectivity index (χ0n) is 18.8. The highest BCUT2D eigenvalue weighted by molar-refractivity contribution is 6.43. The van der Waals surface area contributed by atoms with E-state index in [-0.39, 0.29) is 22.5 Å². The molecule has 0 aliphatic carbocycles. The number of aromatic nitrogens is 2. The first-order valence-electron chi connectivity index (χ1n) is 10.7. The summed E-state index contributed by atoms with van der Waals surface area (Å²) in [6.07, 6.45) is -1.06. The summed E-state index contributed by atoms with van der Waals surface area (Å²) in [6.45, 7) is 9.43. The van der Waals surface area contributed by atoms with Gasteiger partial charge in [0.15, 0.2) is 0 Å². The van der Waals surface area contributed by atoms with Crippen molar-refractivity contribution in [2.45, 2.75) is 58.7 Å². The van der Waals surface area contributed by atoms with Crippen LogP contribution in [0.5, 0.6) is 0 Å². The van der Waals surface area contributed by atoms with Crippen molar-refractivity contribution in [2.24, 2.45) is 0 Å². The van der Waals surface area contributed by atoms with Crippen molar-refractivity contribution >= 4 is 11.7 Å². The van der Waals surface area contributed by atoms with Gasteiger partial charge in [-0.15, -0.1) is 0 Å². The van der Waals surface area contributed by atoms with Gasteiger partial charge in [-0.2, -0.15) is 18.3 Å². The van der Waals surface area contributed by atoms with E-state index in [1.54, 1.807) is 13.8 Å². The number of benzene rings is 1. The molecule has 9 heteroatoms. The third kappa shape index (κ3) is 5.03. The van der Waals surface area contributed by atoms with Gasteiger partial charge in [0, 0.05) is 12.1 Å². The number of rotatable bonds is 6. The van der Waals surface area contributed by atoms with Crippen LogP contribution in [0.15, 0.2) is 24.3 Å². The van der Waals surface area contributed by atoms with E-state index in [1.807, 2.05) is 13.8 Å². The van der Waals surface area contributed by atoms with Gasteiger partial charge in [0.05, 0.1) is 28.2 Å². The average Bonchev–Trinajstić information content (AvgIpc) is 3.05. The number of amides is 1. The Hall–Kier alpha value is -2.68. The fourth-order valence-corrected chi connectivity index (χ4v) is 4.14. The molecule has 1 aromatic heterocycles. The topological polar surface area (TPSA) is 67.2 Å². The minimum absolute atomic E-state index is 0.107. The molecule has 2 aromatic rings. The Kier molecular flexibility index (Phi) is 6.78. The lowest BCUT2D eigenvalue weighted by Gasteiger charge is -2.41. The Bertz CT molecular complexity index is 1010. The second kappa shape index (κ2) is 9.05. The molecule has 0 saturated carbocycles. The maximum Gasteiger partial charge on any atom is 0.416 e. The number of alkyl halides is 3. The van der Waals surface area contributed by atoms with Crippen molar-refractivity contribution in [1.29, 1.82) is 0 Å². The Morgan fingerprint density at radius 3 is 2.38 bits per heavy atom. The summed E-state index contributed by atoms with van der Waals surface area (Å²) in [5.41, 5.74) is -0.217. The quantitative estimate of drug-likeness (QED) is 0.532. The number of carbonyl (C=O) groups excluding carboxylic acids is 2. The molecule has 0 spiro atoms. The van der Waals surface area contributed by atoms with Crippen molar-refractivity contribution in [3.63, 3.8) is 0 Å². The van der Waals surface area contributed by atoms with Gasteiger partial charge in [-0.05, 0) is 71.8 Å². The van der Waals surface area contributed by atoms with E-state index in [0.717, 1.165) is 38.1 Å². The predicted molar refractivity (Wildman–Crippen MR) is 115 cm³/mol. The molecule has 174 valence electrons. The Morgan fingerprint density at radius 1 is 1.09 bits per heavy atom. The van der Waals surface area contributed by atoms with Gasteiger partial charge in [0.1, 0.15) is 0 Å². The number of nitrogens with one attached hydrogen (secondary N) is 1. The van der Waals surface area contributed by atoms with Crippen LogP contribution in [0.4, 0.5) is 13.2 Å². The lowest BCUT2D eigenvalue weighted by Crippen LogP contribution is -2.54. The third-order valence-corrected chi connectivity index (χ3v) is 6.04. The Balaban J connectivity index is 1.78. The van der Waals surface area contributed by atoms with Crippen LogP contribution in [0.2, 0.25) is 0 Å². The normalized spacial score (nSPS) is 15.6. The largest absolute Gasteiger partial charge is 0.416 e. The van der Waals surface area contributed by atoms with E-state index >= 15 is 0 Å². The van der Waals surface area contributed by atoms with Crippen LogP contribution >= 0.6 is 0 Å². The van der Waals surface area contributed by atoms with E-state index in [9.17, 15) is 22.8 Å². The van der Waals surface area contributed by atoms with Crippen molar-refractivity contribution in [2.75, 3.05) is 19.6 Å². The summed E-state index contributed by atoms with van der Waals surface area (Å²) in [5, 5.41) is 6.96. The number of likely N-dealkylation sites (tertiary alicyclic amines) is 1. The zero-order chi connectivity index (χ0) is 23.7. The lowest BCUT2D eigenvalue weighted by molar-refractivity contribution is -0.137. The minimum Gasteiger partial charge on any atom is -0.347 e.